The monoisotopic (exact) mass is 296 g/mol. The molecule has 21 heavy (non-hydrogen) atoms. The highest BCUT2D eigenvalue weighted by molar-refractivity contribution is 5.98. The van der Waals surface area contributed by atoms with E-state index in [1.807, 2.05) is 0 Å². The third-order valence-corrected chi connectivity index (χ3v) is 2.88. The molecule has 0 spiro atoms. The molecule has 0 aromatic carbocycles. The summed E-state index contributed by atoms with van der Waals surface area (Å²) in [7, 11) is 0. The molecule has 4 N–H and O–H groups in total. The van der Waals surface area contributed by atoms with Crippen LogP contribution in [0.3, 0.4) is 0 Å². The lowest BCUT2D eigenvalue weighted by Crippen LogP contribution is -2.17. The number of carboxylic acids is 1. The molecule has 0 fully saturated rings. The summed E-state index contributed by atoms with van der Waals surface area (Å²) < 4.78 is 0. The first kappa shape index (κ1) is 16.3. The maximum atomic E-state index is 11.3. The number of nitrogens with two attached hydrogens (primary N) is 1. The van der Waals surface area contributed by atoms with Crippen molar-refractivity contribution in [1.82, 2.24) is 4.98 Å². The van der Waals surface area contributed by atoms with Gasteiger partial charge in [-0.1, -0.05) is 6.92 Å². The minimum Gasteiger partial charge on any atom is -0.481 e. The predicted octanol–water partition coefficient (Wildman–Crippen LogP) is 1.00. The molecule has 0 aliphatic carbocycles. The number of carboxylic acid groups (broad SMARTS) is 1. The van der Waals surface area contributed by atoms with Crippen molar-refractivity contribution in [1.29, 1.82) is 0 Å². The Morgan fingerprint density at radius 1 is 1.57 bits per heavy atom. The molecule has 9 nitrogen and oxygen atoms in total. The molecule has 9 heteroatoms. The molecule has 0 bridgehead atoms. The first-order valence-corrected chi connectivity index (χ1v) is 6.23. The third kappa shape index (κ3) is 4.71. The molecule has 0 aliphatic heterocycles. The van der Waals surface area contributed by atoms with Crippen molar-refractivity contribution in [3.8, 4) is 0 Å². The second kappa shape index (κ2) is 7.17. The Kier molecular flexibility index (Phi) is 5.58. The van der Waals surface area contributed by atoms with Crippen molar-refractivity contribution in [3.63, 3.8) is 0 Å². The summed E-state index contributed by atoms with van der Waals surface area (Å²) in [4.78, 5) is 35.7. The number of aromatic nitrogens is 1. The zero-order valence-corrected chi connectivity index (χ0v) is 11.4. The van der Waals surface area contributed by atoms with Gasteiger partial charge in [0.2, 0.25) is 0 Å². The van der Waals surface area contributed by atoms with Crippen LogP contribution in [-0.4, -0.2) is 33.4 Å². The second-order valence-electron chi connectivity index (χ2n) is 4.52. The Balaban J connectivity index is 2.68. The molecule has 0 saturated carbocycles. The van der Waals surface area contributed by atoms with Crippen LogP contribution >= 0.6 is 0 Å². The number of carbonyl (C=O) groups is 2. The van der Waals surface area contributed by atoms with E-state index in [1.165, 1.54) is 0 Å². The minimum atomic E-state index is -0.874. The van der Waals surface area contributed by atoms with E-state index in [2.05, 4.69) is 10.3 Å². The molecule has 1 rings (SSSR count). The number of anilines is 1. The molecule has 1 heterocycles. The number of nitrogens with zero attached hydrogens (tertiary/aromatic N) is 2. The van der Waals surface area contributed by atoms with Crippen molar-refractivity contribution in [2.24, 2.45) is 11.7 Å². The number of primary amides is 1. The van der Waals surface area contributed by atoms with Gasteiger partial charge >= 0.3 is 5.97 Å². The van der Waals surface area contributed by atoms with E-state index in [9.17, 15) is 19.7 Å². The first-order valence-electron chi connectivity index (χ1n) is 6.23. The minimum absolute atomic E-state index is 0.0736. The molecular weight excluding hydrogens is 280 g/mol. The van der Waals surface area contributed by atoms with Gasteiger partial charge in [0.1, 0.15) is 12.0 Å². The Bertz CT molecular complexity index is 561. The molecule has 1 amide bonds. The number of carbonyl (C=O) groups excluding carboxylic acids is 1. The quantitative estimate of drug-likeness (QED) is 0.368. The smallest absolute Gasteiger partial charge is 0.306 e. The zero-order valence-electron chi connectivity index (χ0n) is 11.4. The summed E-state index contributed by atoms with van der Waals surface area (Å²) in [6, 6.07) is 1.05. The van der Waals surface area contributed by atoms with Crippen LogP contribution in [0.2, 0.25) is 0 Å². The second-order valence-corrected chi connectivity index (χ2v) is 4.52. The molecule has 0 saturated heterocycles. The van der Waals surface area contributed by atoms with Gasteiger partial charge < -0.3 is 16.2 Å². The number of hydrogen-bond donors (Lipinski definition) is 3. The van der Waals surface area contributed by atoms with Gasteiger partial charge in [-0.05, 0) is 12.8 Å². The Morgan fingerprint density at radius 3 is 2.76 bits per heavy atom. The van der Waals surface area contributed by atoms with E-state index in [0.29, 0.717) is 19.4 Å². The predicted molar refractivity (Wildman–Crippen MR) is 73.9 cm³/mol. The molecule has 1 unspecified atom stereocenters. The maximum Gasteiger partial charge on any atom is 0.306 e. The van der Waals surface area contributed by atoms with Gasteiger partial charge in [-0.3, -0.25) is 19.7 Å². The highest BCUT2D eigenvalue weighted by atomic mass is 16.6. The molecule has 1 aromatic rings. The molecule has 1 aromatic heterocycles. The van der Waals surface area contributed by atoms with Crippen LogP contribution < -0.4 is 11.1 Å². The van der Waals surface area contributed by atoms with Crippen molar-refractivity contribution in [2.45, 2.75) is 19.8 Å². The van der Waals surface area contributed by atoms with Gasteiger partial charge in [0.15, 0.2) is 0 Å². The van der Waals surface area contributed by atoms with Crippen LogP contribution in [0.1, 0.15) is 30.1 Å². The summed E-state index contributed by atoms with van der Waals surface area (Å²) in [6.45, 7) is 1.98. The summed E-state index contributed by atoms with van der Waals surface area (Å²) in [5, 5.41) is 22.2. The standard InChI is InChI=1S/C12H16N4O5/c1-7(12(18)19)3-2-4-14-11-9(10(13)17)5-8(6-15-11)16(20)21/h5-7H,2-4H2,1H3,(H2,13,17)(H,14,15)(H,18,19). The fraction of sp³-hybridized carbons (Fsp3) is 0.417. The lowest BCUT2D eigenvalue weighted by atomic mass is 10.1. The van der Waals surface area contributed by atoms with Gasteiger partial charge in [0.25, 0.3) is 11.6 Å². The topological polar surface area (TPSA) is 148 Å². The molecule has 1 atom stereocenters. The molecular formula is C12H16N4O5. The van der Waals surface area contributed by atoms with Crippen LogP contribution in [-0.2, 0) is 4.79 Å². The highest BCUT2D eigenvalue weighted by Crippen LogP contribution is 2.19. The number of nitro groups is 1. The summed E-state index contributed by atoms with van der Waals surface area (Å²) in [5.41, 5.74) is 4.76. The van der Waals surface area contributed by atoms with Gasteiger partial charge in [-0.25, -0.2) is 4.98 Å². The van der Waals surface area contributed by atoms with Crippen LogP contribution in [0.25, 0.3) is 0 Å². The zero-order chi connectivity index (χ0) is 16.0. The number of rotatable bonds is 8. The number of pyridine rings is 1. The Morgan fingerprint density at radius 2 is 2.24 bits per heavy atom. The fourth-order valence-corrected chi connectivity index (χ4v) is 1.62. The van der Waals surface area contributed by atoms with E-state index >= 15 is 0 Å². The third-order valence-electron chi connectivity index (χ3n) is 2.88. The van der Waals surface area contributed by atoms with Crippen molar-refractivity contribution in [3.05, 3.63) is 27.9 Å². The average Bonchev–Trinajstić information content (AvgIpc) is 2.42. The van der Waals surface area contributed by atoms with Crippen LogP contribution in [0.5, 0.6) is 0 Å². The summed E-state index contributed by atoms with van der Waals surface area (Å²) >= 11 is 0. The SMILES string of the molecule is CC(CCCNc1ncc([N+](=O)[O-])cc1C(N)=O)C(=O)O. The molecule has 114 valence electrons. The first-order chi connectivity index (χ1) is 9.82. The maximum absolute atomic E-state index is 11.3. The highest BCUT2D eigenvalue weighted by Gasteiger charge is 2.16. The Hall–Kier alpha value is -2.71. The van der Waals surface area contributed by atoms with E-state index in [1.54, 1.807) is 6.92 Å². The van der Waals surface area contributed by atoms with Crippen molar-refractivity contribution in [2.75, 3.05) is 11.9 Å². The normalized spacial score (nSPS) is 11.7. The van der Waals surface area contributed by atoms with Crippen LogP contribution in [0.15, 0.2) is 12.3 Å². The van der Waals surface area contributed by atoms with Gasteiger partial charge in [0.05, 0.1) is 16.4 Å². The summed E-state index contributed by atoms with van der Waals surface area (Å²) in [5.74, 6) is -2.02. The van der Waals surface area contributed by atoms with Crippen LogP contribution in [0.4, 0.5) is 11.5 Å². The van der Waals surface area contributed by atoms with Crippen LogP contribution in [0, 0.1) is 16.0 Å². The lowest BCUT2D eigenvalue weighted by molar-refractivity contribution is -0.385. The van der Waals surface area contributed by atoms with E-state index in [-0.39, 0.29) is 17.1 Å². The van der Waals surface area contributed by atoms with Crippen molar-refractivity contribution >= 4 is 23.4 Å². The number of amides is 1. The van der Waals surface area contributed by atoms with Gasteiger partial charge in [-0.15, -0.1) is 0 Å². The summed E-state index contributed by atoms with van der Waals surface area (Å²) in [6.07, 6.45) is 2.03. The molecule has 0 radical (unpaired) electrons. The van der Waals surface area contributed by atoms with Crippen molar-refractivity contribution < 1.29 is 19.6 Å². The number of nitrogens with one attached hydrogen (secondary N) is 1. The number of hydrogen-bond acceptors (Lipinski definition) is 6. The number of aliphatic carboxylic acids is 1. The average molecular weight is 296 g/mol. The Labute approximate surface area is 120 Å². The largest absolute Gasteiger partial charge is 0.481 e. The van der Waals surface area contributed by atoms with E-state index < -0.39 is 22.7 Å². The van der Waals surface area contributed by atoms with Gasteiger partial charge in [-0.2, -0.15) is 0 Å². The van der Waals surface area contributed by atoms with Gasteiger partial charge in [0, 0.05) is 12.6 Å². The molecule has 0 aliphatic rings. The van der Waals surface area contributed by atoms with E-state index in [4.69, 9.17) is 10.8 Å². The lowest BCUT2D eigenvalue weighted by Gasteiger charge is -2.10. The fourth-order valence-electron chi connectivity index (χ4n) is 1.62. The van der Waals surface area contributed by atoms with E-state index in [0.717, 1.165) is 12.3 Å².